The van der Waals surface area contributed by atoms with Gasteiger partial charge in [0.15, 0.2) is 0 Å². The molecule has 0 bridgehead atoms. The molecule has 0 aromatic heterocycles. The number of rotatable bonds is 8. The van der Waals surface area contributed by atoms with Gasteiger partial charge in [-0.05, 0) is 36.8 Å². The predicted octanol–water partition coefficient (Wildman–Crippen LogP) is 4.06. The number of para-hydroxylation sites is 1. The average molecular weight is 381 g/mol. The molecule has 2 rings (SSSR count). The SMILES string of the molecule is CCCCCNS(=O)(=O)c1cccc(C(=O)Nc2ccccc2Cl)c1. The first-order chi connectivity index (χ1) is 11.9. The van der Waals surface area contributed by atoms with Gasteiger partial charge in [0.25, 0.3) is 5.91 Å². The van der Waals surface area contributed by atoms with Crippen molar-refractivity contribution in [1.29, 1.82) is 0 Å². The van der Waals surface area contributed by atoms with Crippen molar-refractivity contribution in [2.75, 3.05) is 11.9 Å². The fraction of sp³-hybridized carbons (Fsp3) is 0.278. The molecule has 0 fully saturated rings. The van der Waals surface area contributed by atoms with Crippen LogP contribution in [-0.2, 0) is 10.0 Å². The zero-order valence-electron chi connectivity index (χ0n) is 14.0. The van der Waals surface area contributed by atoms with Gasteiger partial charge in [-0.1, -0.05) is 49.6 Å². The Morgan fingerprint density at radius 2 is 1.84 bits per heavy atom. The highest BCUT2D eigenvalue weighted by atomic mass is 35.5. The Kier molecular flexibility index (Phi) is 6.99. The molecule has 0 unspecified atom stereocenters. The number of nitrogens with one attached hydrogen (secondary N) is 2. The lowest BCUT2D eigenvalue weighted by Crippen LogP contribution is -2.25. The van der Waals surface area contributed by atoms with Crippen LogP contribution in [0.15, 0.2) is 53.4 Å². The Morgan fingerprint density at radius 1 is 1.08 bits per heavy atom. The van der Waals surface area contributed by atoms with Gasteiger partial charge in [-0.25, -0.2) is 13.1 Å². The maximum atomic E-state index is 12.4. The van der Waals surface area contributed by atoms with E-state index in [2.05, 4.69) is 17.0 Å². The highest BCUT2D eigenvalue weighted by Gasteiger charge is 2.16. The molecule has 134 valence electrons. The van der Waals surface area contributed by atoms with Gasteiger partial charge in [-0.2, -0.15) is 0 Å². The predicted molar refractivity (Wildman–Crippen MR) is 101 cm³/mol. The van der Waals surface area contributed by atoms with Gasteiger partial charge >= 0.3 is 0 Å². The van der Waals surface area contributed by atoms with E-state index in [-0.39, 0.29) is 10.5 Å². The van der Waals surface area contributed by atoms with Crippen molar-refractivity contribution in [1.82, 2.24) is 4.72 Å². The van der Waals surface area contributed by atoms with Gasteiger partial charge in [-0.15, -0.1) is 0 Å². The standard InChI is InChI=1S/C18H21ClN2O3S/c1-2-3-6-12-20-25(23,24)15-9-7-8-14(13-15)18(22)21-17-11-5-4-10-16(17)19/h4-5,7-11,13,20H,2-3,6,12H2,1H3,(H,21,22). The van der Waals surface area contributed by atoms with Crippen LogP contribution in [-0.4, -0.2) is 20.9 Å². The molecule has 2 N–H and O–H groups in total. The molecule has 0 saturated heterocycles. The Labute approximate surface area is 153 Å². The Morgan fingerprint density at radius 3 is 2.56 bits per heavy atom. The lowest BCUT2D eigenvalue weighted by atomic mass is 10.2. The monoisotopic (exact) mass is 380 g/mol. The van der Waals surface area contributed by atoms with Gasteiger partial charge in [-0.3, -0.25) is 4.79 Å². The molecule has 0 atom stereocenters. The number of anilines is 1. The van der Waals surface area contributed by atoms with Crippen molar-refractivity contribution in [2.24, 2.45) is 0 Å². The smallest absolute Gasteiger partial charge is 0.255 e. The van der Waals surface area contributed by atoms with E-state index in [9.17, 15) is 13.2 Å². The van der Waals surface area contributed by atoms with E-state index in [1.54, 1.807) is 36.4 Å². The zero-order chi connectivity index (χ0) is 18.3. The zero-order valence-corrected chi connectivity index (χ0v) is 15.5. The third-order valence-corrected chi connectivity index (χ3v) is 5.39. The summed E-state index contributed by atoms with van der Waals surface area (Å²) in [6.45, 7) is 2.43. The van der Waals surface area contributed by atoms with Gasteiger partial charge in [0, 0.05) is 12.1 Å². The summed E-state index contributed by atoms with van der Waals surface area (Å²) in [6, 6.07) is 12.8. The molecule has 0 heterocycles. The second kappa shape index (κ2) is 8.99. The molecule has 0 saturated carbocycles. The van der Waals surface area contributed by atoms with Crippen LogP contribution in [0.2, 0.25) is 5.02 Å². The van der Waals surface area contributed by atoms with Crippen molar-refractivity contribution in [3.63, 3.8) is 0 Å². The summed E-state index contributed by atoms with van der Waals surface area (Å²) in [4.78, 5) is 12.4. The third-order valence-electron chi connectivity index (χ3n) is 3.60. The molecule has 25 heavy (non-hydrogen) atoms. The first-order valence-corrected chi connectivity index (χ1v) is 9.96. The third kappa shape index (κ3) is 5.56. The summed E-state index contributed by atoms with van der Waals surface area (Å²) in [5.74, 6) is -0.420. The van der Waals surface area contributed by atoms with Crippen molar-refractivity contribution in [3.8, 4) is 0 Å². The maximum Gasteiger partial charge on any atom is 0.255 e. The summed E-state index contributed by atoms with van der Waals surface area (Å²) in [5, 5.41) is 3.09. The summed E-state index contributed by atoms with van der Waals surface area (Å²) >= 11 is 6.02. The first kappa shape index (κ1) is 19.4. The Bertz CT molecular complexity index is 838. The number of carbonyl (C=O) groups is 1. The molecule has 0 aliphatic rings. The molecule has 0 radical (unpaired) electrons. The molecule has 1 amide bonds. The van der Waals surface area contributed by atoms with E-state index in [0.29, 0.717) is 17.3 Å². The van der Waals surface area contributed by atoms with Gasteiger partial charge in [0.05, 0.1) is 15.6 Å². The Balaban J connectivity index is 2.12. The van der Waals surface area contributed by atoms with Crippen LogP contribution in [0, 0.1) is 0 Å². The van der Waals surface area contributed by atoms with Gasteiger partial charge in [0.1, 0.15) is 0 Å². The van der Waals surface area contributed by atoms with Crippen molar-refractivity contribution >= 4 is 33.2 Å². The molecular formula is C18H21ClN2O3S. The van der Waals surface area contributed by atoms with Crippen LogP contribution < -0.4 is 10.0 Å². The molecule has 0 aliphatic heterocycles. The van der Waals surface area contributed by atoms with Gasteiger partial charge < -0.3 is 5.32 Å². The van der Waals surface area contributed by atoms with Crippen LogP contribution in [0.1, 0.15) is 36.5 Å². The maximum absolute atomic E-state index is 12.4. The summed E-state index contributed by atoms with van der Waals surface area (Å²) in [5.41, 5.74) is 0.719. The summed E-state index contributed by atoms with van der Waals surface area (Å²) < 4.78 is 27.2. The molecule has 0 aliphatic carbocycles. The van der Waals surface area contributed by atoms with Gasteiger partial charge in [0.2, 0.25) is 10.0 Å². The summed E-state index contributed by atoms with van der Waals surface area (Å²) in [6.07, 6.45) is 2.75. The van der Waals surface area contributed by atoms with Crippen LogP contribution in [0.4, 0.5) is 5.69 Å². The number of sulfonamides is 1. The molecule has 5 nitrogen and oxygen atoms in total. The quantitative estimate of drug-likeness (QED) is 0.678. The largest absolute Gasteiger partial charge is 0.321 e. The van der Waals surface area contributed by atoms with E-state index < -0.39 is 15.9 Å². The second-order valence-corrected chi connectivity index (χ2v) is 7.74. The van der Waals surface area contributed by atoms with E-state index in [1.165, 1.54) is 12.1 Å². The first-order valence-electron chi connectivity index (χ1n) is 8.09. The lowest BCUT2D eigenvalue weighted by molar-refractivity contribution is 0.102. The summed E-state index contributed by atoms with van der Waals surface area (Å²) in [7, 11) is -3.63. The minimum Gasteiger partial charge on any atom is -0.321 e. The number of unbranched alkanes of at least 4 members (excludes halogenated alkanes) is 2. The molecule has 7 heteroatoms. The number of halogens is 1. The average Bonchev–Trinajstić information content (AvgIpc) is 2.61. The Hall–Kier alpha value is -1.89. The van der Waals surface area contributed by atoms with E-state index in [0.717, 1.165) is 19.3 Å². The minimum atomic E-state index is -3.63. The fourth-order valence-electron chi connectivity index (χ4n) is 2.23. The number of hydrogen-bond acceptors (Lipinski definition) is 3. The second-order valence-electron chi connectivity index (χ2n) is 5.57. The van der Waals surface area contributed by atoms with Crippen molar-refractivity contribution < 1.29 is 13.2 Å². The minimum absolute atomic E-state index is 0.0656. The molecular weight excluding hydrogens is 360 g/mol. The van der Waals surface area contributed by atoms with E-state index in [4.69, 9.17) is 11.6 Å². The van der Waals surface area contributed by atoms with Crippen molar-refractivity contribution in [2.45, 2.75) is 31.1 Å². The normalized spacial score (nSPS) is 11.3. The topological polar surface area (TPSA) is 75.3 Å². The van der Waals surface area contributed by atoms with E-state index in [1.807, 2.05) is 0 Å². The number of amides is 1. The highest BCUT2D eigenvalue weighted by molar-refractivity contribution is 7.89. The molecule has 2 aromatic rings. The highest BCUT2D eigenvalue weighted by Crippen LogP contribution is 2.21. The van der Waals surface area contributed by atoms with Crippen LogP contribution >= 0.6 is 11.6 Å². The van der Waals surface area contributed by atoms with Crippen LogP contribution in [0.25, 0.3) is 0 Å². The van der Waals surface area contributed by atoms with Crippen molar-refractivity contribution in [3.05, 3.63) is 59.1 Å². The fourth-order valence-corrected chi connectivity index (χ4v) is 3.53. The molecule has 0 spiro atoms. The van der Waals surface area contributed by atoms with E-state index >= 15 is 0 Å². The van der Waals surface area contributed by atoms with Crippen LogP contribution in [0.3, 0.4) is 0 Å². The number of hydrogen-bond donors (Lipinski definition) is 2. The number of benzene rings is 2. The van der Waals surface area contributed by atoms with Crippen LogP contribution in [0.5, 0.6) is 0 Å². The molecule has 2 aromatic carbocycles. The number of carbonyl (C=O) groups excluding carboxylic acids is 1. The lowest BCUT2D eigenvalue weighted by Gasteiger charge is -2.09.